The molecule has 104 valence electrons. The van der Waals surface area contributed by atoms with Gasteiger partial charge in [-0.15, -0.1) is 23.2 Å². The Morgan fingerprint density at radius 3 is 2.83 bits per heavy atom. The third kappa shape index (κ3) is 4.95. The first-order chi connectivity index (χ1) is 8.50. The maximum atomic E-state index is 11.6. The number of hydrogen-bond donors (Lipinski definition) is 0. The zero-order valence-corrected chi connectivity index (χ0v) is 13.2. The fourth-order valence-corrected chi connectivity index (χ4v) is 2.98. The fourth-order valence-electron chi connectivity index (χ4n) is 0.938. The van der Waals surface area contributed by atoms with Gasteiger partial charge in [0.1, 0.15) is 6.61 Å². The predicted molar refractivity (Wildman–Crippen MR) is 77.5 cm³/mol. The Morgan fingerprint density at radius 1 is 1.67 bits per heavy atom. The van der Waals surface area contributed by atoms with Crippen molar-refractivity contribution in [2.75, 3.05) is 31.2 Å². The van der Waals surface area contributed by atoms with Gasteiger partial charge in [0.15, 0.2) is 0 Å². The topological polar surface area (TPSA) is 51.1 Å². The Hall–Kier alpha value is 0.0200. The molecular formula is C9H14Cl2N2O3S2. The molecule has 5 nitrogen and oxygen atoms in total. The first kappa shape index (κ1) is 16.1. The molecule has 0 radical (unpaired) electrons. The second-order valence-electron chi connectivity index (χ2n) is 3.72. The van der Waals surface area contributed by atoms with Gasteiger partial charge in [0.05, 0.1) is 4.75 Å². The molecule has 1 fully saturated rings. The van der Waals surface area contributed by atoms with Gasteiger partial charge in [0, 0.05) is 24.6 Å². The summed E-state index contributed by atoms with van der Waals surface area (Å²) in [5.41, 5.74) is 0. The van der Waals surface area contributed by atoms with E-state index in [1.165, 1.54) is 28.0 Å². The van der Waals surface area contributed by atoms with Gasteiger partial charge in [-0.1, -0.05) is 11.8 Å². The number of halogens is 2. The molecule has 1 heterocycles. The summed E-state index contributed by atoms with van der Waals surface area (Å²) in [6, 6.07) is 0. The second-order valence-corrected chi connectivity index (χ2v) is 7.01. The van der Waals surface area contributed by atoms with Crippen LogP contribution in [0.4, 0.5) is 4.79 Å². The smallest absolute Gasteiger partial charge is 0.445 e. The maximum absolute atomic E-state index is 11.6. The summed E-state index contributed by atoms with van der Waals surface area (Å²) in [5.74, 6) is 1.47. The van der Waals surface area contributed by atoms with E-state index in [4.69, 9.17) is 32.8 Å². The average molecular weight is 333 g/mol. The third-order valence-electron chi connectivity index (χ3n) is 1.91. The zero-order chi connectivity index (χ0) is 13.6. The Bertz CT molecular complexity index is 319. The predicted octanol–water partition coefficient (Wildman–Crippen LogP) is 2.97. The summed E-state index contributed by atoms with van der Waals surface area (Å²) >= 11 is 14.2. The van der Waals surface area contributed by atoms with Crippen LogP contribution in [0.15, 0.2) is 5.16 Å². The summed E-state index contributed by atoms with van der Waals surface area (Å²) in [7, 11) is 1.58. The molecule has 0 bridgehead atoms. The van der Waals surface area contributed by atoms with E-state index in [1.54, 1.807) is 7.05 Å². The minimum Gasteiger partial charge on any atom is -0.470 e. The van der Waals surface area contributed by atoms with Crippen LogP contribution >= 0.6 is 46.9 Å². The van der Waals surface area contributed by atoms with Crippen LogP contribution in [0.25, 0.3) is 0 Å². The second kappa shape index (κ2) is 7.57. The van der Waals surface area contributed by atoms with E-state index in [1.807, 2.05) is 6.92 Å². The number of thioether (sulfide) groups is 1. The molecule has 0 aromatic carbocycles. The fraction of sp³-hybridized carbons (Fsp3) is 0.778. The molecule has 1 aliphatic heterocycles. The van der Waals surface area contributed by atoms with Crippen LogP contribution in [0.3, 0.4) is 0 Å². The van der Waals surface area contributed by atoms with Crippen molar-refractivity contribution in [3.8, 4) is 0 Å². The number of alkyl halides is 2. The normalized spacial score (nSPS) is 17.7. The molecule has 0 atom stereocenters. The third-order valence-corrected chi connectivity index (χ3v) is 5.37. The van der Waals surface area contributed by atoms with Crippen molar-refractivity contribution in [3.05, 3.63) is 0 Å². The summed E-state index contributed by atoms with van der Waals surface area (Å²) in [5, 5.41) is 3.99. The summed E-state index contributed by atoms with van der Waals surface area (Å²) < 4.78 is 5.98. The quantitative estimate of drug-likeness (QED) is 0.335. The van der Waals surface area contributed by atoms with Gasteiger partial charge in [0.25, 0.3) is 5.23 Å². The monoisotopic (exact) mass is 332 g/mol. The maximum Gasteiger partial charge on any atom is 0.445 e. The van der Waals surface area contributed by atoms with Gasteiger partial charge in [-0.05, 0) is 24.0 Å². The number of carbonyl (C=O) groups excluding carboxylic acids is 1. The highest BCUT2D eigenvalue weighted by Gasteiger charge is 2.28. The average Bonchev–Trinajstić information content (AvgIpc) is 2.88. The van der Waals surface area contributed by atoms with E-state index in [2.05, 4.69) is 5.16 Å². The molecule has 1 amide bonds. The van der Waals surface area contributed by atoms with Gasteiger partial charge in [-0.3, -0.25) is 9.14 Å². The number of ether oxygens (including phenoxy) is 1. The van der Waals surface area contributed by atoms with Gasteiger partial charge in [0.2, 0.25) is 0 Å². The van der Waals surface area contributed by atoms with Crippen molar-refractivity contribution in [2.45, 2.75) is 11.7 Å². The minimum atomic E-state index is -0.593. The minimum absolute atomic E-state index is 0.326. The van der Waals surface area contributed by atoms with Gasteiger partial charge in [-0.25, -0.2) is 4.79 Å². The SMILES string of the molecule is CN(SC(C)(CCl)CCl)C(=O)ON=C1OCCS1. The van der Waals surface area contributed by atoms with E-state index < -0.39 is 10.8 Å². The molecule has 0 unspecified atom stereocenters. The van der Waals surface area contributed by atoms with Crippen molar-refractivity contribution in [1.29, 1.82) is 0 Å². The Balaban J connectivity index is 2.43. The van der Waals surface area contributed by atoms with Crippen molar-refractivity contribution in [1.82, 2.24) is 4.31 Å². The number of amides is 1. The molecule has 0 N–H and O–H groups in total. The molecule has 9 heteroatoms. The highest BCUT2D eigenvalue weighted by Crippen LogP contribution is 2.30. The van der Waals surface area contributed by atoms with Crippen molar-refractivity contribution < 1.29 is 14.4 Å². The van der Waals surface area contributed by atoms with Crippen LogP contribution < -0.4 is 0 Å². The number of rotatable bonds is 5. The molecule has 0 aromatic rings. The lowest BCUT2D eigenvalue weighted by Crippen LogP contribution is -2.32. The number of carbonyl (C=O) groups is 1. The lowest BCUT2D eigenvalue weighted by molar-refractivity contribution is 0.133. The van der Waals surface area contributed by atoms with Crippen molar-refractivity contribution in [2.24, 2.45) is 5.16 Å². The zero-order valence-electron chi connectivity index (χ0n) is 10.0. The van der Waals surface area contributed by atoms with Gasteiger partial charge in [-0.2, -0.15) is 0 Å². The highest BCUT2D eigenvalue weighted by atomic mass is 35.5. The Morgan fingerprint density at radius 2 is 2.33 bits per heavy atom. The van der Waals surface area contributed by atoms with E-state index in [9.17, 15) is 4.79 Å². The van der Waals surface area contributed by atoms with Gasteiger partial charge >= 0.3 is 6.09 Å². The molecule has 1 saturated heterocycles. The summed E-state index contributed by atoms with van der Waals surface area (Å²) in [6.07, 6.45) is -0.593. The van der Waals surface area contributed by atoms with Crippen LogP contribution in [-0.2, 0) is 9.57 Å². The van der Waals surface area contributed by atoms with Crippen molar-refractivity contribution in [3.63, 3.8) is 0 Å². The van der Waals surface area contributed by atoms with Gasteiger partial charge < -0.3 is 4.74 Å². The lowest BCUT2D eigenvalue weighted by Gasteiger charge is -2.27. The molecule has 18 heavy (non-hydrogen) atoms. The molecular weight excluding hydrogens is 319 g/mol. The van der Waals surface area contributed by atoms with E-state index >= 15 is 0 Å². The Kier molecular flexibility index (Phi) is 6.76. The van der Waals surface area contributed by atoms with Crippen LogP contribution in [-0.4, -0.2) is 51.5 Å². The first-order valence-corrected chi connectivity index (χ1v) is 7.93. The van der Waals surface area contributed by atoms with Crippen LogP contribution in [0, 0.1) is 0 Å². The lowest BCUT2D eigenvalue weighted by atomic mass is 10.2. The summed E-state index contributed by atoms with van der Waals surface area (Å²) in [6.45, 7) is 2.45. The highest BCUT2D eigenvalue weighted by molar-refractivity contribution is 8.13. The van der Waals surface area contributed by atoms with E-state index in [0.29, 0.717) is 23.6 Å². The number of nitrogens with zero attached hydrogens (tertiary/aromatic N) is 2. The number of hydrogen-bond acceptors (Lipinski definition) is 6. The molecule has 0 saturated carbocycles. The van der Waals surface area contributed by atoms with E-state index in [-0.39, 0.29) is 0 Å². The molecule has 1 aliphatic rings. The molecule has 0 aromatic heterocycles. The molecule has 0 aliphatic carbocycles. The molecule has 0 spiro atoms. The van der Waals surface area contributed by atoms with Crippen LogP contribution in [0.5, 0.6) is 0 Å². The van der Waals surface area contributed by atoms with Crippen LogP contribution in [0.1, 0.15) is 6.92 Å². The summed E-state index contributed by atoms with van der Waals surface area (Å²) in [4.78, 5) is 16.4. The molecule has 1 rings (SSSR count). The van der Waals surface area contributed by atoms with Crippen LogP contribution in [0.2, 0.25) is 0 Å². The van der Waals surface area contributed by atoms with Crippen molar-refractivity contribution >= 4 is 58.2 Å². The standard InChI is InChI=1S/C9H14Cl2N2O3S2/c1-9(5-10,6-11)18-13(2)8(14)16-12-7-15-3-4-17-7/h3-6H2,1-2H3. The van der Waals surface area contributed by atoms with E-state index in [0.717, 1.165) is 5.75 Å². The first-order valence-electron chi connectivity index (χ1n) is 5.10. The number of oxime groups is 1. The largest absolute Gasteiger partial charge is 0.470 e. The Labute approximate surface area is 125 Å².